The topological polar surface area (TPSA) is 88.2 Å². The normalized spacial score (nSPS) is 11.4. The van der Waals surface area contributed by atoms with Crippen LogP contribution in [-0.4, -0.2) is 57.6 Å². The van der Waals surface area contributed by atoms with E-state index in [-0.39, 0.29) is 6.61 Å². The average molecular weight is 375 g/mol. The van der Waals surface area contributed by atoms with Crippen molar-refractivity contribution in [2.24, 2.45) is 4.99 Å². The van der Waals surface area contributed by atoms with E-state index in [4.69, 9.17) is 19.0 Å². The zero-order valence-corrected chi connectivity index (χ0v) is 15.8. The predicted octanol–water partition coefficient (Wildman–Crippen LogP) is 1.62. The summed E-state index contributed by atoms with van der Waals surface area (Å²) in [5.74, 6) is 2.53. The Morgan fingerprint density at radius 3 is 2.52 bits per heavy atom. The lowest BCUT2D eigenvalue weighted by Crippen LogP contribution is -2.39. The molecule has 1 aromatic carbocycles. The lowest BCUT2D eigenvalue weighted by molar-refractivity contribution is 0.0977. The highest BCUT2D eigenvalue weighted by Crippen LogP contribution is 2.11. The van der Waals surface area contributed by atoms with Crippen molar-refractivity contribution >= 4 is 5.96 Å². The zero-order chi connectivity index (χ0) is 19.2. The fourth-order valence-electron chi connectivity index (χ4n) is 2.44. The highest BCUT2D eigenvalue weighted by molar-refractivity contribution is 5.79. The molecule has 0 spiro atoms. The fraction of sp³-hybridized carbons (Fsp3) is 0.450. The summed E-state index contributed by atoms with van der Waals surface area (Å²) in [7, 11) is 1.66. The van der Waals surface area contributed by atoms with Crippen molar-refractivity contribution in [2.75, 3.05) is 46.6 Å². The van der Waals surface area contributed by atoms with Crippen molar-refractivity contribution in [3.63, 3.8) is 0 Å². The molecule has 0 radical (unpaired) electrons. The molecule has 0 unspecified atom stereocenters. The quantitative estimate of drug-likeness (QED) is 0.297. The number of nitrogens with zero attached hydrogens (tertiary/aromatic N) is 1. The molecular weight excluding hydrogens is 346 g/mol. The molecule has 1 heterocycles. The number of aliphatic imine (C=N–C) groups is 1. The third kappa shape index (κ3) is 8.61. The molecule has 0 saturated carbocycles. The number of hydrogen-bond donors (Lipinski definition) is 3. The zero-order valence-electron chi connectivity index (χ0n) is 15.8. The predicted molar refractivity (Wildman–Crippen MR) is 105 cm³/mol. The Morgan fingerprint density at radius 1 is 1.07 bits per heavy atom. The van der Waals surface area contributed by atoms with Crippen LogP contribution in [0.5, 0.6) is 5.75 Å². The van der Waals surface area contributed by atoms with Gasteiger partial charge < -0.3 is 29.6 Å². The van der Waals surface area contributed by atoms with Crippen LogP contribution in [0.2, 0.25) is 0 Å². The molecule has 3 N–H and O–H groups in total. The largest absolute Gasteiger partial charge is 0.497 e. The number of methoxy groups -OCH3 is 1. The Bertz CT molecular complexity index is 642. The molecule has 0 atom stereocenters. The van der Waals surface area contributed by atoms with Crippen molar-refractivity contribution in [1.82, 2.24) is 10.6 Å². The van der Waals surface area contributed by atoms with Gasteiger partial charge in [0.25, 0.3) is 0 Å². The van der Waals surface area contributed by atoms with Crippen LogP contribution in [-0.2, 0) is 17.6 Å². The first-order valence-corrected chi connectivity index (χ1v) is 9.18. The minimum atomic E-state index is 0.0259. The molecule has 27 heavy (non-hydrogen) atoms. The van der Waals surface area contributed by atoms with E-state index in [0.717, 1.165) is 43.4 Å². The average Bonchev–Trinajstić information content (AvgIpc) is 3.21. The Balaban J connectivity index is 1.77. The molecule has 1 aromatic heterocycles. The second-order valence-corrected chi connectivity index (χ2v) is 5.85. The number of aliphatic hydroxyl groups excluding tert-OH is 1. The molecule has 2 rings (SSSR count). The SMILES string of the molecule is COc1ccc(CCNC(=NCCOCCO)NCCc2ccco2)cc1. The van der Waals surface area contributed by atoms with E-state index in [2.05, 4.69) is 27.8 Å². The van der Waals surface area contributed by atoms with Gasteiger partial charge in [0.2, 0.25) is 0 Å². The van der Waals surface area contributed by atoms with Crippen LogP contribution in [0, 0.1) is 0 Å². The number of rotatable bonds is 12. The van der Waals surface area contributed by atoms with Gasteiger partial charge >= 0.3 is 0 Å². The smallest absolute Gasteiger partial charge is 0.191 e. The van der Waals surface area contributed by atoms with Crippen molar-refractivity contribution in [3.8, 4) is 5.75 Å². The second-order valence-electron chi connectivity index (χ2n) is 5.85. The van der Waals surface area contributed by atoms with Crippen molar-refractivity contribution in [1.29, 1.82) is 0 Å². The van der Waals surface area contributed by atoms with E-state index < -0.39 is 0 Å². The first-order valence-electron chi connectivity index (χ1n) is 9.18. The Hall–Kier alpha value is -2.51. The molecule has 0 amide bonds. The number of furan rings is 1. The summed E-state index contributed by atoms with van der Waals surface area (Å²) in [6.45, 7) is 2.85. The van der Waals surface area contributed by atoms with E-state index >= 15 is 0 Å². The fourth-order valence-corrected chi connectivity index (χ4v) is 2.44. The molecule has 0 fully saturated rings. The van der Waals surface area contributed by atoms with Crippen LogP contribution in [0.4, 0.5) is 0 Å². The van der Waals surface area contributed by atoms with E-state index in [1.54, 1.807) is 13.4 Å². The van der Waals surface area contributed by atoms with Crippen molar-refractivity contribution in [3.05, 3.63) is 54.0 Å². The first kappa shape index (κ1) is 20.8. The Kier molecular flexibility index (Phi) is 9.84. The maximum atomic E-state index is 8.74. The summed E-state index contributed by atoms with van der Waals surface area (Å²) < 4.78 is 15.8. The Labute approximate surface area is 160 Å². The molecule has 0 saturated heterocycles. The standard InChI is InChI=1S/C20H29N3O4/c1-25-18-6-4-17(5-7-18)8-10-21-20(23-12-15-26-16-13-24)22-11-9-19-3-2-14-27-19/h2-7,14,24H,8-13,15-16H2,1H3,(H2,21,22,23). The third-order valence-corrected chi connectivity index (χ3v) is 3.85. The van der Waals surface area contributed by atoms with Gasteiger partial charge in [0.05, 0.1) is 39.7 Å². The van der Waals surface area contributed by atoms with Gasteiger partial charge in [0.15, 0.2) is 5.96 Å². The summed E-state index contributed by atoms with van der Waals surface area (Å²) in [6.07, 6.45) is 3.34. The molecule has 2 aromatic rings. The lowest BCUT2D eigenvalue weighted by atomic mass is 10.1. The number of benzene rings is 1. The summed E-state index contributed by atoms with van der Waals surface area (Å²) >= 11 is 0. The van der Waals surface area contributed by atoms with E-state index in [1.165, 1.54) is 5.56 Å². The monoisotopic (exact) mass is 375 g/mol. The van der Waals surface area contributed by atoms with Gasteiger partial charge in [-0.2, -0.15) is 0 Å². The summed E-state index contributed by atoms with van der Waals surface area (Å²) in [4.78, 5) is 4.51. The second kappa shape index (κ2) is 12.8. The van der Waals surface area contributed by atoms with Crippen LogP contribution in [0.3, 0.4) is 0 Å². The van der Waals surface area contributed by atoms with E-state index in [0.29, 0.717) is 19.8 Å². The molecule has 0 aliphatic rings. The summed E-state index contributed by atoms with van der Waals surface area (Å²) in [5.41, 5.74) is 1.23. The van der Waals surface area contributed by atoms with E-state index in [1.807, 2.05) is 24.3 Å². The number of nitrogens with one attached hydrogen (secondary N) is 2. The van der Waals surface area contributed by atoms with Gasteiger partial charge in [0, 0.05) is 19.5 Å². The minimum absolute atomic E-state index is 0.0259. The van der Waals surface area contributed by atoms with Crippen LogP contribution in [0.15, 0.2) is 52.1 Å². The molecule has 0 aliphatic heterocycles. The van der Waals surface area contributed by atoms with Crippen molar-refractivity contribution in [2.45, 2.75) is 12.8 Å². The molecule has 0 bridgehead atoms. The highest BCUT2D eigenvalue weighted by Gasteiger charge is 2.01. The maximum absolute atomic E-state index is 8.74. The third-order valence-electron chi connectivity index (χ3n) is 3.85. The van der Waals surface area contributed by atoms with Crippen LogP contribution in [0.25, 0.3) is 0 Å². The molecule has 148 valence electrons. The first-order chi connectivity index (χ1) is 13.3. The summed E-state index contributed by atoms with van der Waals surface area (Å²) in [5, 5.41) is 15.4. The van der Waals surface area contributed by atoms with Gasteiger partial charge in [0.1, 0.15) is 11.5 Å². The molecular formula is C20H29N3O4. The number of aliphatic hydroxyl groups is 1. The molecule has 7 heteroatoms. The van der Waals surface area contributed by atoms with E-state index in [9.17, 15) is 0 Å². The number of hydrogen-bond acceptors (Lipinski definition) is 5. The molecule has 0 aliphatic carbocycles. The van der Waals surface area contributed by atoms with Crippen LogP contribution >= 0.6 is 0 Å². The maximum Gasteiger partial charge on any atom is 0.191 e. The van der Waals surface area contributed by atoms with Gasteiger partial charge in [-0.05, 0) is 36.2 Å². The minimum Gasteiger partial charge on any atom is -0.497 e. The van der Waals surface area contributed by atoms with Gasteiger partial charge in [-0.1, -0.05) is 12.1 Å². The van der Waals surface area contributed by atoms with Gasteiger partial charge in [-0.15, -0.1) is 0 Å². The van der Waals surface area contributed by atoms with Gasteiger partial charge in [-0.3, -0.25) is 4.99 Å². The van der Waals surface area contributed by atoms with Crippen molar-refractivity contribution < 1.29 is 19.0 Å². The summed E-state index contributed by atoms with van der Waals surface area (Å²) in [6, 6.07) is 11.9. The highest BCUT2D eigenvalue weighted by atomic mass is 16.5. The Morgan fingerprint density at radius 2 is 1.85 bits per heavy atom. The number of ether oxygens (including phenoxy) is 2. The lowest BCUT2D eigenvalue weighted by Gasteiger charge is -2.12. The number of guanidine groups is 1. The molecule has 7 nitrogen and oxygen atoms in total. The van der Waals surface area contributed by atoms with Gasteiger partial charge in [-0.25, -0.2) is 0 Å². The van der Waals surface area contributed by atoms with Crippen LogP contribution in [0.1, 0.15) is 11.3 Å². The van der Waals surface area contributed by atoms with Crippen LogP contribution < -0.4 is 15.4 Å².